The zero-order valence-electron chi connectivity index (χ0n) is 15.5. The van der Waals surface area contributed by atoms with Crippen LogP contribution >= 0.6 is 22.9 Å². The molecule has 0 aliphatic carbocycles. The first-order valence-corrected chi connectivity index (χ1v) is 9.67. The summed E-state index contributed by atoms with van der Waals surface area (Å²) in [5, 5.41) is 5.59. The van der Waals surface area contributed by atoms with Crippen LogP contribution in [0.2, 0.25) is 4.34 Å². The number of amides is 2. The highest BCUT2D eigenvalue weighted by Gasteiger charge is 2.23. The van der Waals surface area contributed by atoms with E-state index in [1.54, 1.807) is 0 Å². The van der Waals surface area contributed by atoms with Gasteiger partial charge < -0.3 is 15.5 Å². The van der Waals surface area contributed by atoms with Crippen LogP contribution in [0.15, 0.2) is 30.3 Å². The third kappa shape index (κ3) is 5.56. The number of para-hydroxylation sites is 1. The third-order valence-corrected chi connectivity index (χ3v) is 5.61. The Morgan fingerprint density at radius 2 is 1.85 bits per heavy atom. The number of carbonyl (C=O) groups is 2. The van der Waals surface area contributed by atoms with Gasteiger partial charge in [0.25, 0.3) is 5.91 Å². The molecule has 7 heteroatoms. The summed E-state index contributed by atoms with van der Waals surface area (Å²) in [6.45, 7) is 6.40. The lowest BCUT2D eigenvalue weighted by atomic mass is 10.1. The Morgan fingerprint density at radius 1 is 1.19 bits per heavy atom. The van der Waals surface area contributed by atoms with Gasteiger partial charge in [-0.25, -0.2) is 0 Å². The lowest BCUT2D eigenvalue weighted by Gasteiger charge is -2.20. The van der Waals surface area contributed by atoms with Gasteiger partial charge in [-0.05, 0) is 44.0 Å². The van der Waals surface area contributed by atoms with Crippen LogP contribution in [0.4, 0.5) is 5.69 Å². The van der Waals surface area contributed by atoms with E-state index < -0.39 is 0 Å². The minimum atomic E-state index is -0.274. The standard InChI is InChI=1S/C19H24ClN3O2S/c1-12-6-5-7-13(2)18(12)22-17(24)10-21-19(25)14(3)23(4)11-15-8-9-16(20)26-15/h5-9,14H,10-11H2,1-4H3,(H,21,25)(H,22,24)/p+1/t14-/m0/s1. The van der Waals surface area contributed by atoms with Gasteiger partial charge in [0.05, 0.1) is 22.8 Å². The smallest absolute Gasteiger partial charge is 0.278 e. The molecule has 2 rings (SSSR count). The number of halogens is 1. The first-order chi connectivity index (χ1) is 12.3. The Hall–Kier alpha value is -1.89. The Bertz CT molecular complexity index is 771. The van der Waals surface area contributed by atoms with Crippen molar-refractivity contribution in [1.29, 1.82) is 0 Å². The van der Waals surface area contributed by atoms with Gasteiger partial charge in [-0.3, -0.25) is 9.59 Å². The van der Waals surface area contributed by atoms with Crippen LogP contribution in [0, 0.1) is 13.8 Å². The molecule has 1 unspecified atom stereocenters. The third-order valence-electron chi connectivity index (χ3n) is 4.38. The molecule has 0 fully saturated rings. The number of anilines is 1. The highest BCUT2D eigenvalue weighted by Crippen LogP contribution is 2.20. The highest BCUT2D eigenvalue weighted by atomic mass is 35.5. The average molecular weight is 395 g/mol. The van der Waals surface area contributed by atoms with Gasteiger partial charge >= 0.3 is 0 Å². The summed E-state index contributed by atoms with van der Waals surface area (Å²) in [6, 6.07) is 9.39. The molecule has 0 aliphatic heterocycles. The minimum Gasteiger partial charge on any atom is -0.342 e. The molecular weight excluding hydrogens is 370 g/mol. The van der Waals surface area contributed by atoms with E-state index >= 15 is 0 Å². The van der Waals surface area contributed by atoms with Crippen molar-refractivity contribution in [2.45, 2.75) is 33.4 Å². The number of carbonyl (C=O) groups excluding carboxylic acids is 2. The van der Waals surface area contributed by atoms with Crippen LogP contribution in [0.3, 0.4) is 0 Å². The molecular formula is C19H25ClN3O2S+. The van der Waals surface area contributed by atoms with E-state index in [-0.39, 0.29) is 24.4 Å². The lowest BCUT2D eigenvalue weighted by molar-refractivity contribution is -0.907. The maximum absolute atomic E-state index is 12.3. The molecule has 3 N–H and O–H groups in total. The summed E-state index contributed by atoms with van der Waals surface area (Å²) in [6.07, 6.45) is 0. The van der Waals surface area contributed by atoms with Crippen LogP contribution in [0.1, 0.15) is 22.9 Å². The molecule has 1 aromatic heterocycles. The molecule has 2 aromatic rings. The number of hydrogen-bond acceptors (Lipinski definition) is 3. The van der Waals surface area contributed by atoms with E-state index in [2.05, 4.69) is 10.6 Å². The summed E-state index contributed by atoms with van der Waals surface area (Å²) in [5.74, 6) is -0.382. The normalized spacial score (nSPS) is 13.1. The molecule has 0 bridgehead atoms. The summed E-state index contributed by atoms with van der Waals surface area (Å²) < 4.78 is 0.744. The minimum absolute atomic E-state index is 0.0466. The zero-order chi connectivity index (χ0) is 19.3. The number of likely N-dealkylation sites (N-methyl/N-ethyl adjacent to an activating group) is 1. The quantitative estimate of drug-likeness (QED) is 0.674. The van der Waals surface area contributed by atoms with Crippen molar-refractivity contribution in [1.82, 2.24) is 5.32 Å². The second-order valence-corrected chi connectivity index (χ2v) is 8.28. The van der Waals surface area contributed by atoms with Crippen molar-refractivity contribution < 1.29 is 14.5 Å². The molecule has 1 heterocycles. The summed E-state index contributed by atoms with van der Waals surface area (Å²) in [7, 11) is 1.95. The van der Waals surface area contributed by atoms with Crippen molar-refractivity contribution in [3.8, 4) is 0 Å². The number of quaternary nitrogens is 1. The van der Waals surface area contributed by atoms with Crippen molar-refractivity contribution in [3.63, 3.8) is 0 Å². The van der Waals surface area contributed by atoms with Crippen molar-refractivity contribution in [2.75, 3.05) is 18.9 Å². The van der Waals surface area contributed by atoms with Crippen LogP contribution < -0.4 is 15.5 Å². The molecule has 2 atom stereocenters. The van der Waals surface area contributed by atoms with E-state index in [9.17, 15) is 9.59 Å². The monoisotopic (exact) mass is 394 g/mol. The molecule has 2 amide bonds. The SMILES string of the molecule is Cc1cccc(C)c1NC(=O)CNC(=O)[C@H](C)[NH+](C)Cc1ccc(Cl)s1. The van der Waals surface area contributed by atoms with E-state index in [4.69, 9.17) is 11.6 Å². The summed E-state index contributed by atoms with van der Waals surface area (Å²) >= 11 is 7.46. The molecule has 0 saturated heterocycles. The molecule has 1 aromatic carbocycles. The van der Waals surface area contributed by atoms with Crippen LogP contribution in [-0.4, -0.2) is 31.4 Å². The second-order valence-electron chi connectivity index (χ2n) is 6.48. The van der Waals surface area contributed by atoms with Gasteiger partial charge in [-0.2, -0.15) is 0 Å². The first-order valence-electron chi connectivity index (χ1n) is 8.48. The number of aryl methyl sites for hydroxylation is 2. The van der Waals surface area contributed by atoms with Gasteiger partial charge in [0, 0.05) is 5.69 Å². The largest absolute Gasteiger partial charge is 0.342 e. The fourth-order valence-electron chi connectivity index (χ4n) is 2.61. The summed E-state index contributed by atoms with van der Waals surface area (Å²) in [4.78, 5) is 26.7. The van der Waals surface area contributed by atoms with Crippen molar-refractivity contribution in [3.05, 3.63) is 50.7 Å². The number of hydrogen-bond donors (Lipinski definition) is 3. The maximum Gasteiger partial charge on any atom is 0.278 e. The summed E-state index contributed by atoms with van der Waals surface area (Å²) in [5.41, 5.74) is 2.80. The Morgan fingerprint density at radius 3 is 2.42 bits per heavy atom. The Balaban J connectivity index is 1.84. The van der Waals surface area contributed by atoms with E-state index in [1.165, 1.54) is 11.3 Å². The van der Waals surface area contributed by atoms with E-state index in [1.807, 2.05) is 58.2 Å². The molecule has 0 aliphatic rings. The molecule has 5 nitrogen and oxygen atoms in total. The number of nitrogens with one attached hydrogen (secondary N) is 3. The number of thiophene rings is 1. The predicted molar refractivity (Wildman–Crippen MR) is 107 cm³/mol. The maximum atomic E-state index is 12.3. The van der Waals surface area contributed by atoms with Gasteiger partial charge in [0.2, 0.25) is 5.91 Å². The lowest BCUT2D eigenvalue weighted by Crippen LogP contribution is -3.12. The van der Waals surface area contributed by atoms with Gasteiger partial charge in [0.15, 0.2) is 6.04 Å². The molecule has 0 spiro atoms. The number of benzene rings is 1. The first kappa shape index (κ1) is 20.4. The van der Waals surface area contributed by atoms with Crippen molar-refractivity contribution >= 4 is 40.4 Å². The van der Waals surface area contributed by atoms with Crippen molar-refractivity contribution in [2.24, 2.45) is 0 Å². The predicted octanol–water partition coefficient (Wildman–Crippen LogP) is 2.18. The van der Waals surface area contributed by atoms with Crippen LogP contribution in [0.25, 0.3) is 0 Å². The average Bonchev–Trinajstić information content (AvgIpc) is 3.00. The topological polar surface area (TPSA) is 62.6 Å². The molecule has 0 radical (unpaired) electrons. The zero-order valence-corrected chi connectivity index (χ0v) is 17.1. The van der Waals surface area contributed by atoms with E-state index in [0.717, 1.165) is 30.9 Å². The Kier molecular flexibility index (Phi) is 7.20. The van der Waals surface area contributed by atoms with Gasteiger partial charge in [-0.1, -0.05) is 29.8 Å². The highest BCUT2D eigenvalue weighted by molar-refractivity contribution is 7.16. The fourth-order valence-corrected chi connectivity index (χ4v) is 3.80. The van der Waals surface area contributed by atoms with Gasteiger partial charge in [-0.15, -0.1) is 11.3 Å². The fraction of sp³-hybridized carbons (Fsp3) is 0.368. The second kappa shape index (κ2) is 9.16. The van der Waals surface area contributed by atoms with E-state index in [0.29, 0.717) is 6.54 Å². The van der Waals surface area contributed by atoms with Crippen LogP contribution in [0.5, 0.6) is 0 Å². The molecule has 140 valence electrons. The molecule has 26 heavy (non-hydrogen) atoms. The number of rotatable bonds is 7. The molecule has 0 saturated carbocycles. The Labute approximate surface area is 163 Å². The van der Waals surface area contributed by atoms with Gasteiger partial charge in [0.1, 0.15) is 6.54 Å². The van der Waals surface area contributed by atoms with Crippen LogP contribution in [-0.2, 0) is 16.1 Å².